The second-order valence-electron chi connectivity index (χ2n) is 10.8. The lowest BCUT2D eigenvalue weighted by Gasteiger charge is -2.19. The molecule has 2 atom stereocenters. The Morgan fingerprint density at radius 3 is 2.16 bits per heavy atom. The number of phosphoric acid groups is 1. The van der Waals surface area contributed by atoms with Crippen molar-refractivity contribution in [1.82, 2.24) is 4.90 Å². The van der Waals surface area contributed by atoms with Crippen LogP contribution in [-0.2, 0) is 24.8 Å². The zero-order valence-electron chi connectivity index (χ0n) is 24.5. The highest BCUT2D eigenvalue weighted by molar-refractivity contribution is 7.47. The Balaban J connectivity index is 2.35. The summed E-state index contributed by atoms with van der Waals surface area (Å²) < 4.78 is 28.5. The van der Waals surface area contributed by atoms with Gasteiger partial charge in [0.25, 0.3) is 0 Å². The summed E-state index contributed by atoms with van der Waals surface area (Å²) in [4.78, 5) is 23.8. The Hall–Kier alpha value is -1.24. The zero-order valence-corrected chi connectivity index (χ0v) is 25.4. The lowest BCUT2D eigenvalue weighted by molar-refractivity contribution is -0.118. The lowest BCUT2D eigenvalue weighted by atomic mass is 9.95. The summed E-state index contributed by atoms with van der Waals surface area (Å²) in [6.45, 7) is 5.35. The second-order valence-corrected chi connectivity index (χ2v) is 12.2. The normalized spacial score (nSPS) is 13.9. The van der Waals surface area contributed by atoms with Crippen molar-refractivity contribution in [2.24, 2.45) is 5.92 Å². The molecule has 0 fully saturated rings. The first kappa shape index (κ1) is 34.8. The molecule has 0 aliphatic heterocycles. The molecule has 1 aromatic rings. The molecule has 0 bridgehead atoms. The van der Waals surface area contributed by atoms with Crippen LogP contribution in [0.3, 0.4) is 0 Å². The molecule has 38 heavy (non-hydrogen) atoms. The molecule has 1 rings (SSSR count). The van der Waals surface area contributed by atoms with E-state index in [9.17, 15) is 14.3 Å². The maximum atomic E-state index is 12.2. The quantitative estimate of drug-likeness (QED) is 0.0982. The smallest absolute Gasteiger partial charge is 0.472 e. The molecule has 8 heteroatoms. The maximum absolute atomic E-state index is 12.2. The molecule has 0 aliphatic rings. The van der Waals surface area contributed by atoms with E-state index in [0.717, 1.165) is 24.3 Å². The van der Waals surface area contributed by atoms with Gasteiger partial charge >= 0.3 is 7.82 Å². The van der Waals surface area contributed by atoms with Gasteiger partial charge in [-0.05, 0) is 70.4 Å². The first-order chi connectivity index (χ1) is 18.2. The molecule has 0 amide bonds. The highest BCUT2D eigenvalue weighted by atomic mass is 31.2. The molecule has 0 radical (unpaired) electrons. The van der Waals surface area contributed by atoms with Crippen LogP contribution < -0.4 is 4.74 Å². The van der Waals surface area contributed by atoms with Crippen molar-refractivity contribution >= 4 is 13.6 Å². The SMILES string of the molecule is CCCCCCCCCCCCCOc1cccc(CC(COP(=O)(O)OCCCN(C)C)CC(C)=O)c1. The van der Waals surface area contributed by atoms with Gasteiger partial charge in [0.15, 0.2) is 0 Å². The van der Waals surface area contributed by atoms with Crippen LogP contribution in [0.25, 0.3) is 0 Å². The fraction of sp³-hybridized carbons (Fsp3) is 0.767. The predicted octanol–water partition coefficient (Wildman–Crippen LogP) is 7.60. The van der Waals surface area contributed by atoms with E-state index in [1.807, 2.05) is 43.3 Å². The number of carbonyl (C=O) groups excluding carboxylic acids is 1. The van der Waals surface area contributed by atoms with Crippen molar-refractivity contribution in [1.29, 1.82) is 0 Å². The molecule has 0 saturated heterocycles. The van der Waals surface area contributed by atoms with Crippen LogP contribution in [0.1, 0.15) is 103 Å². The number of unbranched alkanes of at least 4 members (excludes halogenated alkanes) is 10. The van der Waals surface area contributed by atoms with Gasteiger partial charge in [0.1, 0.15) is 11.5 Å². The summed E-state index contributed by atoms with van der Waals surface area (Å²) in [5.74, 6) is 0.608. The summed E-state index contributed by atoms with van der Waals surface area (Å²) in [6, 6.07) is 7.87. The van der Waals surface area contributed by atoms with Gasteiger partial charge in [-0.2, -0.15) is 0 Å². The maximum Gasteiger partial charge on any atom is 0.472 e. The minimum atomic E-state index is -4.16. The monoisotopic (exact) mass is 555 g/mol. The standard InChI is InChI=1S/C30H54NO6P/c1-5-6-7-8-9-10-11-12-13-14-15-21-35-30-19-16-18-28(25-30)24-29(23-27(2)32)26-37-38(33,34)36-22-17-20-31(3)4/h16,18-19,25,29H,5-15,17,20-24,26H2,1-4H3,(H,33,34). The molecular formula is C30H54NO6P. The van der Waals surface area contributed by atoms with E-state index in [0.29, 0.717) is 19.4 Å². The van der Waals surface area contributed by atoms with Crippen molar-refractivity contribution in [2.45, 2.75) is 104 Å². The van der Waals surface area contributed by atoms with E-state index in [4.69, 9.17) is 13.8 Å². The molecule has 0 heterocycles. The van der Waals surface area contributed by atoms with Gasteiger partial charge in [0, 0.05) is 6.42 Å². The van der Waals surface area contributed by atoms with Crippen LogP contribution in [-0.4, -0.2) is 56.0 Å². The minimum absolute atomic E-state index is 0.0159. The number of hydrogen-bond donors (Lipinski definition) is 1. The second kappa shape index (κ2) is 21.6. The highest BCUT2D eigenvalue weighted by Gasteiger charge is 2.24. The Bertz CT molecular complexity index is 788. The largest absolute Gasteiger partial charge is 0.494 e. The average Bonchev–Trinajstić information content (AvgIpc) is 2.86. The number of rotatable bonds is 25. The molecule has 0 aromatic heterocycles. The molecule has 0 spiro atoms. The van der Waals surface area contributed by atoms with Crippen LogP contribution in [0.4, 0.5) is 0 Å². The number of benzene rings is 1. The molecule has 1 N–H and O–H groups in total. The van der Waals surface area contributed by atoms with Crippen LogP contribution in [0.2, 0.25) is 0 Å². The van der Waals surface area contributed by atoms with Crippen LogP contribution in [0, 0.1) is 5.92 Å². The Morgan fingerprint density at radius 2 is 1.55 bits per heavy atom. The number of hydrogen-bond acceptors (Lipinski definition) is 6. The molecule has 0 aliphatic carbocycles. The lowest BCUT2D eigenvalue weighted by Crippen LogP contribution is -2.17. The van der Waals surface area contributed by atoms with Gasteiger partial charge in [0.2, 0.25) is 0 Å². The van der Waals surface area contributed by atoms with Gasteiger partial charge < -0.3 is 19.3 Å². The van der Waals surface area contributed by atoms with Gasteiger partial charge in [-0.3, -0.25) is 9.05 Å². The third kappa shape index (κ3) is 19.8. The highest BCUT2D eigenvalue weighted by Crippen LogP contribution is 2.44. The fourth-order valence-corrected chi connectivity index (χ4v) is 5.28. The van der Waals surface area contributed by atoms with Crippen LogP contribution >= 0.6 is 7.82 Å². The van der Waals surface area contributed by atoms with Crippen molar-refractivity contribution < 1.29 is 28.0 Å². The summed E-state index contributed by atoms with van der Waals surface area (Å²) in [6.07, 6.45) is 15.8. The van der Waals surface area contributed by atoms with Gasteiger partial charge in [0.05, 0.1) is 19.8 Å². The van der Waals surface area contributed by atoms with Crippen molar-refractivity contribution in [3.8, 4) is 5.75 Å². The number of ether oxygens (including phenoxy) is 1. The average molecular weight is 556 g/mol. The molecule has 0 saturated carbocycles. The fourth-order valence-electron chi connectivity index (χ4n) is 4.45. The summed E-state index contributed by atoms with van der Waals surface area (Å²) in [5, 5.41) is 0. The van der Waals surface area contributed by atoms with E-state index in [-0.39, 0.29) is 31.3 Å². The molecule has 7 nitrogen and oxygen atoms in total. The molecule has 220 valence electrons. The first-order valence-corrected chi connectivity index (χ1v) is 16.2. The van der Waals surface area contributed by atoms with Crippen LogP contribution in [0.15, 0.2) is 24.3 Å². The van der Waals surface area contributed by atoms with Gasteiger partial charge in [-0.25, -0.2) is 4.57 Å². The van der Waals surface area contributed by atoms with Crippen molar-refractivity contribution in [3.05, 3.63) is 29.8 Å². The molecular weight excluding hydrogens is 501 g/mol. The third-order valence-electron chi connectivity index (χ3n) is 6.49. The van der Waals surface area contributed by atoms with Crippen LogP contribution in [0.5, 0.6) is 5.75 Å². The van der Waals surface area contributed by atoms with E-state index < -0.39 is 7.82 Å². The molecule has 1 aromatic carbocycles. The summed E-state index contributed by atoms with van der Waals surface area (Å²) in [5.41, 5.74) is 1.01. The Kier molecular flexibility index (Phi) is 19.7. The van der Waals surface area contributed by atoms with E-state index >= 15 is 0 Å². The summed E-state index contributed by atoms with van der Waals surface area (Å²) in [7, 11) is -0.294. The first-order valence-electron chi connectivity index (χ1n) is 14.7. The number of Topliss-reactive ketones (excluding diaryl/α,β-unsaturated/α-hetero) is 1. The van der Waals surface area contributed by atoms with Gasteiger partial charge in [-0.1, -0.05) is 83.3 Å². The Labute approximate surface area is 232 Å². The number of nitrogens with zero attached hydrogens (tertiary/aromatic N) is 1. The third-order valence-corrected chi connectivity index (χ3v) is 7.48. The van der Waals surface area contributed by atoms with Crippen molar-refractivity contribution in [3.63, 3.8) is 0 Å². The Morgan fingerprint density at radius 1 is 0.921 bits per heavy atom. The topological polar surface area (TPSA) is 85.3 Å². The van der Waals surface area contributed by atoms with Gasteiger partial charge in [-0.15, -0.1) is 0 Å². The van der Waals surface area contributed by atoms with E-state index in [1.54, 1.807) is 0 Å². The minimum Gasteiger partial charge on any atom is -0.494 e. The zero-order chi connectivity index (χ0) is 28.1. The van der Waals surface area contributed by atoms with E-state index in [1.165, 1.54) is 71.1 Å². The van der Waals surface area contributed by atoms with E-state index in [2.05, 4.69) is 6.92 Å². The summed E-state index contributed by atoms with van der Waals surface area (Å²) >= 11 is 0. The predicted molar refractivity (Wildman–Crippen MR) is 156 cm³/mol. The van der Waals surface area contributed by atoms with Crippen molar-refractivity contribution in [2.75, 3.05) is 40.5 Å². The number of ketones is 1. The number of phosphoric ester groups is 1. The number of carbonyl (C=O) groups is 1. The molecule has 2 unspecified atom stereocenters.